The number of hydrogen-bond acceptors (Lipinski definition) is 7. The number of aryl methyl sites for hydroxylation is 3. The fraction of sp³-hybridized carbons (Fsp3) is 0.179. The van der Waals surface area contributed by atoms with Crippen LogP contribution in [-0.4, -0.2) is 30.9 Å². The third-order valence-corrected chi connectivity index (χ3v) is 7.02. The predicted molar refractivity (Wildman–Crippen MR) is 148 cm³/mol. The molecule has 200 valence electrons. The predicted octanol–water partition coefficient (Wildman–Crippen LogP) is 5.16. The number of amides is 1. The summed E-state index contributed by atoms with van der Waals surface area (Å²) >= 11 is 0. The molecule has 4 rings (SSSR count). The maximum Gasteiger partial charge on any atom is 0.270 e. The molecular weight excluding hydrogens is 506 g/mol. The standard InChI is InChI=1S/C28H27N3O6S.2H2/c1-5-36-21-10-8-20(9-11-21)23-13-12-22(26(32)31-38(34,35)24-7-6-14-29-27(24)33)28(30-23)37-25-18(3)15-17(2)16-19(25)4;;/h6-16H,5H2,1-4H3,(H,29,33)(H,31,32);2*1H. The van der Waals surface area contributed by atoms with Crippen LogP contribution in [0, 0.1) is 20.8 Å². The Kier molecular flexibility index (Phi) is 7.63. The number of pyridine rings is 2. The minimum Gasteiger partial charge on any atom is -0.494 e. The Balaban J connectivity index is 0.00000280. The molecule has 4 aromatic rings. The molecule has 0 fully saturated rings. The number of rotatable bonds is 8. The third-order valence-electron chi connectivity index (χ3n) is 5.67. The summed E-state index contributed by atoms with van der Waals surface area (Å²) in [7, 11) is -4.46. The highest BCUT2D eigenvalue weighted by atomic mass is 32.2. The van der Waals surface area contributed by atoms with Crippen LogP contribution in [0.1, 0.15) is 36.8 Å². The molecule has 1 amide bonds. The van der Waals surface area contributed by atoms with Crippen molar-refractivity contribution < 1.29 is 25.5 Å². The second kappa shape index (κ2) is 10.9. The van der Waals surface area contributed by atoms with Crippen molar-refractivity contribution in [2.45, 2.75) is 32.6 Å². The smallest absolute Gasteiger partial charge is 0.270 e. The van der Waals surface area contributed by atoms with Gasteiger partial charge in [0.2, 0.25) is 5.88 Å². The Bertz CT molecular complexity index is 1650. The Hall–Kier alpha value is -4.44. The number of aromatic amines is 1. The van der Waals surface area contributed by atoms with Crippen molar-refractivity contribution in [1.29, 1.82) is 0 Å². The number of sulfonamides is 1. The number of aromatic nitrogens is 2. The number of carbonyl (C=O) groups excluding carboxylic acids is 1. The number of ether oxygens (including phenoxy) is 2. The average molecular weight is 538 g/mol. The van der Waals surface area contributed by atoms with Crippen LogP contribution >= 0.6 is 0 Å². The van der Waals surface area contributed by atoms with Gasteiger partial charge in [-0.1, -0.05) is 17.7 Å². The van der Waals surface area contributed by atoms with E-state index in [1.165, 1.54) is 18.3 Å². The van der Waals surface area contributed by atoms with Crippen LogP contribution < -0.4 is 19.8 Å². The first-order valence-electron chi connectivity index (χ1n) is 11.8. The van der Waals surface area contributed by atoms with Crippen molar-refractivity contribution in [3.8, 4) is 28.6 Å². The molecule has 0 saturated heterocycles. The lowest BCUT2D eigenvalue weighted by Gasteiger charge is -2.16. The Morgan fingerprint density at radius 3 is 2.34 bits per heavy atom. The number of carbonyl (C=O) groups is 1. The third kappa shape index (κ3) is 5.76. The van der Waals surface area contributed by atoms with Gasteiger partial charge in [0, 0.05) is 14.6 Å². The van der Waals surface area contributed by atoms with E-state index in [1.54, 1.807) is 18.2 Å². The fourth-order valence-corrected chi connectivity index (χ4v) is 5.04. The summed E-state index contributed by atoms with van der Waals surface area (Å²) in [6.07, 6.45) is 1.30. The molecule has 10 heteroatoms. The molecule has 0 bridgehead atoms. The minimum absolute atomic E-state index is 0. The van der Waals surface area contributed by atoms with Crippen molar-refractivity contribution in [2.24, 2.45) is 0 Å². The first-order chi connectivity index (χ1) is 18.1. The van der Waals surface area contributed by atoms with E-state index in [-0.39, 0.29) is 14.3 Å². The van der Waals surface area contributed by atoms with Crippen molar-refractivity contribution in [3.05, 3.63) is 99.5 Å². The second-order valence-corrected chi connectivity index (χ2v) is 10.3. The number of hydrogen-bond donors (Lipinski definition) is 2. The van der Waals surface area contributed by atoms with Gasteiger partial charge in [0.1, 0.15) is 17.1 Å². The summed E-state index contributed by atoms with van der Waals surface area (Å²) < 4.78 is 39.2. The van der Waals surface area contributed by atoms with E-state index in [0.29, 0.717) is 23.8 Å². The summed E-state index contributed by atoms with van der Waals surface area (Å²) in [6, 6.07) is 16.6. The molecule has 0 saturated carbocycles. The van der Waals surface area contributed by atoms with E-state index >= 15 is 0 Å². The molecule has 38 heavy (non-hydrogen) atoms. The number of benzene rings is 2. The molecule has 0 spiro atoms. The van der Waals surface area contributed by atoms with Crippen molar-refractivity contribution in [1.82, 2.24) is 14.7 Å². The van der Waals surface area contributed by atoms with Crippen molar-refractivity contribution in [3.63, 3.8) is 0 Å². The van der Waals surface area contributed by atoms with Gasteiger partial charge in [0.05, 0.1) is 12.3 Å². The monoisotopic (exact) mass is 537 g/mol. The summed E-state index contributed by atoms with van der Waals surface area (Å²) in [6.45, 7) is 8.14. The van der Waals surface area contributed by atoms with E-state index in [9.17, 15) is 18.0 Å². The number of H-pyrrole nitrogens is 1. The summed E-state index contributed by atoms with van der Waals surface area (Å²) in [5, 5.41) is 0. The molecule has 0 aliphatic carbocycles. The molecule has 0 unspecified atom stereocenters. The number of nitrogens with zero attached hydrogens (tertiary/aromatic N) is 1. The van der Waals surface area contributed by atoms with E-state index in [0.717, 1.165) is 28.3 Å². The van der Waals surface area contributed by atoms with Gasteiger partial charge in [-0.15, -0.1) is 0 Å². The lowest BCUT2D eigenvalue weighted by atomic mass is 10.1. The van der Waals surface area contributed by atoms with E-state index in [4.69, 9.17) is 9.47 Å². The maximum absolute atomic E-state index is 13.2. The topological polar surface area (TPSA) is 127 Å². The Morgan fingerprint density at radius 2 is 1.71 bits per heavy atom. The largest absolute Gasteiger partial charge is 0.494 e. The summed E-state index contributed by atoms with van der Waals surface area (Å²) in [5.74, 6) is 0.136. The molecule has 9 nitrogen and oxygen atoms in total. The minimum atomic E-state index is -4.46. The van der Waals surface area contributed by atoms with E-state index < -0.39 is 26.4 Å². The van der Waals surface area contributed by atoms with Gasteiger partial charge in [0.25, 0.3) is 21.5 Å². The lowest BCUT2D eigenvalue weighted by Crippen LogP contribution is -2.34. The van der Waals surface area contributed by atoms with Crippen molar-refractivity contribution in [2.75, 3.05) is 6.61 Å². The zero-order valence-corrected chi connectivity index (χ0v) is 22.2. The van der Waals surface area contributed by atoms with Crippen LogP contribution in [0.4, 0.5) is 0 Å². The van der Waals surface area contributed by atoms with Gasteiger partial charge in [-0.05, 0) is 87.4 Å². The lowest BCUT2D eigenvalue weighted by molar-refractivity contribution is 0.0978. The highest BCUT2D eigenvalue weighted by molar-refractivity contribution is 7.90. The zero-order chi connectivity index (χ0) is 27.4. The highest BCUT2D eigenvalue weighted by Gasteiger charge is 2.25. The van der Waals surface area contributed by atoms with Crippen molar-refractivity contribution >= 4 is 15.9 Å². The van der Waals surface area contributed by atoms with Crippen LogP contribution in [0.3, 0.4) is 0 Å². The van der Waals surface area contributed by atoms with Gasteiger partial charge >= 0.3 is 0 Å². The maximum atomic E-state index is 13.2. The second-order valence-electron chi connectivity index (χ2n) is 8.63. The molecule has 0 aliphatic heterocycles. The molecular formula is C28H31N3O6S. The first-order valence-corrected chi connectivity index (χ1v) is 13.3. The van der Waals surface area contributed by atoms with Gasteiger partial charge in [-0.25, -0.2) is 18.1 Å². The van der Waals surface area contributed by atoms with E-state index in [1.807, 2.05) is 56.7 Å². The molecule has 2 N–H and O–H groups in total. The Labute approximate surface area is 223 Å². The van der Waals surface area contributed by atoms with Gasteiger partial charge in [-0.2, -0.15) is 0 Å². The molecule has 0 aliphatic rings. The quantitative estimate of drug-likeness (QED) is 0.318. The molecule has 0 atom stereocenters. The van der Waals surface area contributed by atoms with Crippen LogP contribution in [0.5, 0.6) is 17.4 Å². The average Bonchev–Trinajstić information content (AvgIpc) is 2.86. The summed E-state index contributed by atoms with van der Waals surface area (Å²) in [5.41, 5.74) is 2.97. The summed E-state index contributed by atoms with van der Waals surface area (Å²) in [4.78, 5) is 31.5. The normalized spacial score (nSPS) is 11.2. The van der Waals surface area contributed by atoms with E-state index in [2.05, 4.69) is 9.97 Å². The van der Waals surface area contributed by atoms with Crippen LogP contribution in [0.15, 0.2) is 76.6 Å². The molecule has 0 radical (unpaired) electrons. The zero-order valence-electron chi connectivity index (χ0n) is 21.4. The molecule has 2 heterocycles. The number of nitrogens with one attached hydrogen (secondary N) is 2. The van der Waals surface area contributed by atoms with Crippen LogP contribution in [0.2, 0.25) is 0 Å². The van der Waals surface area contributed by atoms with Gasteiger partial charge < -0.3 is 14.5 Å². The van der Waals surface area contributed by atoms with Crippen LogP contribution in [-0.2, 0) is 10.0 Å². The molecule has 2 aromatic heterocycles. The SMILES string of the molecule is CCOc1ccc(-c2ccc(C(=O)NS(=O)(=O)c3ccc[nH]c3=O)c(Oc3c(C)cc(C)cc3C)n2)cc1.[HH].[HH]. The Morgan fingerprint density at radius 1 is 1.03 bits per heavy atom. The van der Waals surface area contributed by atoms with Gasteiger partial charge in [-0.3, -0.25) is 9.59 Å². The first kappa shape index (κ1) is 26.6. The van der Waals surface area contributed by atoms with Gasteiger partial charge in [0.15, 0.2) is 4.90 Å². The highest BCUT2D eigenvalue weighted by Crippen LogP contribution is 2.33. The fourth-order valence-electron chi connectivity index (χ4n) is 4.01. The van der Waals surface area contributed by atoms with Crippen LogP contribution in [0.25, 0.3) is 11.3 Å². The molecule has 2 aromatic carbocycles.